The lowest BCUT2D eigenvalue weighted by atomic mass is 10.2. The molecule has 0 bridgehead atoms. The van der Waals surface area contributed by atoms with E-state index in [0.29, 0.717) is 11.3 Å². The second-order valence-corrected chi connectivity index (χ2v) is 4.94. The molecule has 0 spiro atoms. The van der Waals surface area contributed by atoms with Crippen molar-refractivity contribution in [2.75, 3.05) is 19.0 Å². The molecular weight excluding hydrogens is 294 g/mol. The number of amides is 1. The summed E-state index contributed by atoms with van der Waals surface area (Å²) in [6.45, 7) is 2.08. The third-order valence-electron chi connectivity index (χ3n) is 3.10. The van der Waals surface area contributed by atoms with Crippen molar-refractivity contribution in [3.8, 4) is 11.5 Å². The molecule has 0 aromatic heterocycles. The Kier molecular flexibility index (Phi) is 5.57. The Morgan fingerprint density at radius 1 is 1.30 bits per heavy atom. The van der Waals surface area contributed by atoms with E-state index in [-0.39, 0.29) is 18.2 Å². The van der Waals surface area contributed by atoms with E-state index < -0.39 is 0 Å². The number of aromatic hydroxyl groups is 1. The molecule has 23 heavy (non-hydrogen) atoms. The molecule has 0 atom stereocenters. The molecule has 2 aromatic rings. The Morgan fingerprint density at radius 3 is 2.87 bits per heavy atom. The van der Waals surface area contributed by atoms with Crippen LogP contribution in [-0.2, 0) is 4.79 Å². The molecule has 0 aliphatic carbocycles. The van der Waals surface area contributed by atoms with Crippen LogP contribution in [0.4, 0.5) is 5.69 Å². The molecule has 0 saturated heterocycles. The fourth-order valence-corrected chi connectivity index (χ4v) is 1.91. The highest BCUT2D eigenvalue weighted by atomic mass is 16.5. The lowest BCUT2D eigenvalue weighted by molar-refractivity contribution is -0.119. The van der Waals surface area contributed by atoms with Crippen LogP contribution in [0, 0.1) is 6.92 Å². The number of carbonyl (C=O) groups excluding carboxylic acids is 1. The third kappa shape index (κ3) is 5.03. The predicted molar refractivity (Wildman–Crippen MR) is 90.1 cm³/mol. The Bertz CT molecular complexity index is 714. The van der Waals surface area contributed by atoms with Crippen LogP contribution in [0.25, 0.3) is 0 Å². The van der Waals surface area contributed by atoms with Crippen molar-refractivity contribution in [1.29, 1.82) is 0 Å². The molecule has 0 fully saturated rings. The number of rotatable bonds is 6. The molecule has 0 unspecified atom stereocenters. The van der Waals surface area contributed by atoms with Crippen molar-refractivity contribution in [3.63, 3.8) is 0 Å². The lowest BCUT2D eigenvalue weighted by Crippen LogP contribution is -2.25. The van der Waals surface area contributed by atoms with E-state index in [1.54, 1.807) is 12.1 Å². The second-order valence-electron chi connectivity index (χ2n) is 4.94. The summed E-state index contributed by atoms with van der Waals surface area (Å²) >= 11 is 0. The first-order chi connectivity index (χ1) is 11.1. The van der Waals surface area contributed by atoms with Crippen molar-refractivity contribution in [2.45, 2.75) is 6.92 Å². The highest BCUT2D eigenvalue weighted by Gasteiger charge is 2.02. The van der Waals surface area contributed by atoms with E-state index in [0.717, 1.165) is 11.3 Å². The molecule has 0 aliphatic rings. The van der Waals surface area contributed by atoms with E-state index in [4.69, 9.17) is 4.74 Å². The first-order valence-corrected chi connectivity index (χ1v) is 7.08. The van der Waals surface area contributed by atoms with Gasteiger partial charge in [0.15, 0.2) is 0 Å². The largest absolute Gasteiger partial charge is 0.507 e. The summed E-state index contributed by atoms with van der Waals surface area (Å²) in [5.74, 6) is 0.364. The number of hydrogen-bond donors (Lipinski definition) is 3. The van der Waals surface area contributed by atoms with Crippen LogP contribution in [-0.4, -0.2) is 30.9 Å². The topological polar surface area (TPSA) is 83.0 Å². The second kappa shape index (κ2) is 7.84. The predicted octanol–water partition coefficient (Wildman–Crippen LogP) is 2.27. The number of methoxy groups -OCH3 is 1. The summed E-state index contributed by atoms with van der Waals surface area (Å²) in [6.07, 6.45) is 1.36. The zero-order chi connectivity index (χ0) is 16.7. The Labute approximate surface area is 134 Å². The molecule has 6 heteroatoms. The van der Waals surface area contributed by atoms with Gasteiger partial charge in [0.2, 0.25) is 0 Å². The van der Waals surface area contributed by atoms with Crippen LogP contribution < -0.4 is 15.5 Å². The van der Waals surface area contributed by atoms with Crippen molar-refractivity contribution in [1.82, 2.24) is 5.43 Å². The molecule has 2 rings (SSSR count). The quantitative estimate of drug-likeness (QED) is 0.564. The number of anilines is 1. The van der Waals surface area contributed by atoms with Gasteiger partial charge in [0.25, 0.3) is 5.91 Å². The molecule has 0 radical (unpaired) electrons. The summed E-state index contributed by atoms with van der Waals surface area (Å²) in [7, 11) is 1.53. The van der Waals surface area contributed by atoms with Crippen LogP contribution in [0.3, 0.4) is 0 Å². The fourth-order valence-electron chi connectivity index (χ4n) is 1.91. The van der Waals surface area contributed by atoms with Crippen LogP contribution >= 0.6 is 0 Å². The van der Waals surface area contributed by atoms with Gasteiger partial charge in [-0.15, -0.1) is 0 Å². The average molecular weight is 313 g/mol. The minimum atomic E-state index is -0.287. The standard InChI is InChI=1S/C17H19N3O3/c1-12-4-3-5-14(8-12)18-11-17(22)20-19-10-13-9-15(23-2)6-7-16(13)21/h3-10,18,21H,11H2,1-2H3,(H,20,22)/b19-10-. The number of nitrogens with one attached hydrogen (secondary N) is 2. The normalized spacial score (nSPS) is 10.5. The van der Waals surface area contributed by atoms with Crippen LogP contribution in [0.2, 0.25) is 0 Å². The number of benzene rings is 2. The number of hydrazone groups is 1. The molecule has 0 aliphatic heterocycles. The van der Waals surface area contributed by atoms with Gasteiger partial charge in [-0.05, 0) is 42.8 Å². The average Bonchev–Trinajstić information content (AvgIpc) is 2.55. The Balaban J connectivity index is 1.86. The Hall–Kier alpha value is -3.02. The van der Waals surface area contributed by atoms with Gasteiger partial charge in [0.05, 0.1) is 19.9 Å². The van der Waals surface area contributed by atoms with Crippen LogP contribution in [0.5, 0.6) is 11.5 Å². The maximum absolute atomic E-state index is 11.7. The van der Waals surface area contributed by atoms with Crippen molar-refractivity contribution in [3.05, 3.63) is 53.6 Å². The number of ether oxygens (including phenoxy) is 1. The van der Waals surface area contributed by atoms with Gasteiger partial charge >= 0.3 is 0 Å². The van der Waals surface area contributed by atoms with Gasteiger partial charge in [0, 0.05) is 11.3 Å². The Morgan fingerprint density at radius 2 is 2.13 bits per heavy atom. The molecule has 0 saturated carbocycles. The smallest absolute Gasteiger partial charge is 0.259 e. The van der Waals surface area contributed by atoms with E-state index in [1.807, 2.05) is 31.2 Å². The number of carbonyl (C=O) groups is 1. The van der Waals surface area contributed by atoms with Gasteiger partial charge in [0.1, 0.15) is 11.5 Å². The van der Waals surface area contributed by atoms with Crippen molar-refractivity contribution >= 4 is 17.8 Å². The highest BCUT2D eigenvalue weighted by Crippen LogP contribution is 2.20. The molecule has 0 heterocycles. The molecule has 120 valence electrons. The summed E-state index contributed by atoms with van der Waals surface area (Å²) in [5.41, 5.74) is 4.83. The third-order valence-corrected chi connectivity index (χ3v) is 3.10. The van der Waals surface area contributed by atoms with Crippen molar-refractivity contribution < 1.29 is 14.6 Å². The van der Waals surface area contributed by atoms with E-state index in [9.17, 15) is 9.90 Å². The van der Waals surface area contributed by atoms with E-state index >= 15 is 0 Å². The SMILES string of the molecule is COc1ccc(O)c(/C=N\NC(=O)CNc2cccc(C)c2)c1. The zero-order valence-corrected chi connectivity index (χ0v) is 13.0. The summed E-state index contributed by atoms with van der Waals surface area (Å²) in [6, 6.07) is 12.5. The molecule has 3 N–H and O–H groups in total. The van der Waals surface area contributed by atoms with Crippen molar-refractivity contribution in [2.24, 2.45) is 5.10 Å². The number of hydrogen-bond acceptors (Lipinski definition) is 5. The molecular formula is C17H19N3O3. The first-order valence-electron chi connectivity index (χ1n) is 7.08. The van der Waals surface area contributed by atoms with E-state index in [1.165, 1.54) is 19.4 Å². The fraction of sp³-hybridized carbons (Fsp3) is 0.176. The maximum atomic E-state index is 11.7. The minimum absolute atomic E-state index is 0.0571. The van der Waals surface area contributed by atoms with Gasteiger partial charge in [-0.3, -0.25) is 4.79 Å². The van der Waals surface area contributed by atoms with Crippen LogP contribution in [0.1, 0.15) is 11.1 Å². The van der Waals surface area contributed by atoms with Gasteiger partial charge < -0.3 is 15.2 Å². The minimum Gasteiger partial charge on any atom is -0.507 e. The monoisotopic (exact) mass is 313 g/mol. The summed E-state index contributed by atoms with van der Waals surface area (Å²) in [4.78, 5) is 11.7. The van der Waals surface area contributed by atoms with Gasteiger partial charge in [-0.25, -0.2) is 5.43 Å². The maximum Gasteiger partial charge on any atom is 0.259 e. The number of nitrogens with zero attached hydrogens (tertiary/aromatic N) is 1. The van der Waals surface area contributed by atoms with Gasteiger partial charge in [-0.1, -0.05) is 12.1 Å². The van der Waals surface area contributed by atoms with Crippen LogP contribution in [0.15, 0.2) is 47.6 Å². The van der Waals surface area contributed by atoms with Gasteiger partial charge in [-0.2, -0.15) is 5.10 Å². The van der Waals surface area contributed by atoms with E-state index in [2.05, 4.69) is 15.8 Å². The number of phenols is 1. The lowest BCUT2D eigenvalue weighted by Gasteiger charge is -2.06. The molecule has 2 aromatic carbocycles. The summed E-state index contributed by atoms with van der Waals surface area (Å²) < 4.78 is 5.06. The summed E-state index contributed by atoms with van der Waals surface area (Å²) in [5, 5.41) is 16.5. The zero-order valence-electron chi connectivity index (χ0n) is 13.0. The molecule has 1 amide bonds. The number of aryl methyl sites for hydroxylation is 1. The molecule has 6 nitrogen and oxygen atoms in total. The number of phenolic OH excluding ortho intramolecular Hbond substituents is 1. The first kappa shape index (κ1) is 16.4. The highest BCUT2D eigenvalue weighted by molar-refractivity contribution is 5.86.